The number of pyridine rings is 1. The third-order valence-electron chi connectivity index (χ3n) is 3.94. The lowest BCUT2D eigenvalue weighted by atomic mass is 10.0. The van der Waals surface area contributed by atoms with Crippen molar-refractivity contribution in [3.63, 3.8) is 0 Å². The van der Waals surface area contributed by atoms with E-state index in [-0.39, 0.29) is 6.10 Å². The van der Waals surface area contributed by atoms with Crippen molar-refractivity contribution in [2.24, 2.45) is 5.92 Å². The molecule has 0 radical (unpaired) electrons. The molecule has 3 rings (SSSR count). The number of aliphatic hydroxyl groups is 1. The van der Waals surface area contributed by atoms with Crippen molar-refractivity contribution in [2.45, 2.75) is 19.4 Å². The van der Waals surface area contributed by atoms with Crippen LogP contribution < -0.4 is 4.90 Å². The van der Waals surface area contributed by atoms with E-state index in [1.54, 1.807) is 0 Å². The van der Waals surface area contributed by atoms with Crippen LogP contribution in [0.25, 0.3) is 10.8 Å². The van der Waals surface area contributed by atoms with E-state index in [4.69, 9.17) is 0 Å². The van der Waals surface area contributed by atoms with Crippen LogP contribution >= 0.6 is 15.9 Å². The predicted molar refractivity (Wildman–Crippen MR) is 81.4 cm³/mol. The minimum Gasteiger partial charge on any atom is -0.393 e. The molecule has 2 unspecified atom stereocenters. The standard InChI is InChI=1S/C15H17BrN2O/c1-10(19)11-6-8-18(9-11)15-13-3-2-4-14(16)12(13)5-7-17-15/h2-5,7,10-11,19H,6,8-9H2,1H3. The lowest BCUT2D eigenvalue weighted by Crippen LogP contribution is -2.24. The maximum Gasteiger partial charge on any atom is 0.136 e. The number of hydrogen-bond acceptors (Lipinski definition) is 3. The summed E-state index contributed by atoms with van der Waals surface area (Å²) < 4.78 is 1.10. The number of benzene rings is 1. The van der Waals surface area contributed by atoms with Crippen molar-refractivity contribution in [1.29, 1.82) is 0 Å². The topological polar surface area (TPSA) is 36.4 Å². The average molecular weight is 321 g/mol. The van der Waals surface area contributed by atoms with Crippen LogP contribution in [0.5, 0.6) is 0 Å². The molecule has 19 heavy (non-hydrogen) atoms. The van der Waals surface area contributed by atoms with Gasteiger partial charge >= 0.3 is 0 Å². The van der Waals surface area contributed by atoms with E-state index in [0.29, 0.717) is 5.92 Å². The third-order valence-corrected chi connectivity index (χ3v) is 4.63. The van der Waals surface area contributed by atoms with Gasteiger partial charge in [0.05, 0.1) is 6.10 Å². The van der Waals surface area contributed by atoms with Gasteiger partial charge in [0, 0.05) is 40.4 Å². The van der Waals surface area contributed by atoms with Crippen molar-refractivity contribution in [2.75, 3.05) is 18.0 Å². The summed E-state index contributed by atoms with van der Waals surface area (Å²) in [5.41, 5.74) is 0. The maximum atomic E-state index is 9.72. The van der Waals surface area contributed by atoms with E-state index in [0.717, 1.165) is 29.8 Å². The number of anilines is 1. The number of aromatic nitrogens is 1. The van der Waals surface area contributed by atoms with Crippen LogP contribution in [0, 0.1) is 5.92 Å². The van der Waals surface area contributed by atoms with Crippen LogP contribution in [0.4, 0.5) is 5.82 Å². The van der Waals surface area contributed by atoms with Crippen LogP contribution in [-0.4, -0.2) is 29.3 Å². The Morgan fingerprint density at radius 1 is 1.37 bits per heavy atom. The Bertz CT molecular complexity index is 600. The fourth-order valence-electron chi connectivity index (χ4n) is 2.78. The first kappa shape index (κ1) is 12.9. The van der Waals surface area contributed by atoms with Crippen molar-refractivity contribution < 1.29 is 5.11 Å². The molecule has 1 aromatic heterocycles. The van der Waals surface area contributed by atoms with Gasteiger partial charge < -0.3 is 10.0 Å². The van der Waals surface area contributed by atoms with Crippen LogP contribution in [0.15, 0.2) is 34.9 Å². The van der Waals surface area contributed by atoms with E-state index in [2.05, 4.69) is 37.9 Å². The highest BCUT2D eigenvalue weighted by Crippen LogP contribution is 2.32. The maximum absolute atomic E-state index is 9.72. The normalized spacial score (nSPS) is 21.0. The zero-order chi connectivity index (χ0) is 13.4. The molecular formula is C15H17BrN2O. The van der Waals surface area contributed by atoms with Gasteiger partial charge in [0.2, 0.25) is 0 Å². The molecule has 1 aromatic carbocycles. The van der Waals surface area contributed by atoms with Crippen LogP contribution in [0.1, 0.15) is 13.3 Å². The van der Waals surface area contributed by atoms with E-state index in [1.807, 2.05) is 25.3 Å². The summed E-state index contributed by atoms with van der Waals surface area (Å²) >= 11 is 3.59. The molecule has 1 N–H and O–H groups in total. The molecule has 2 heterocycles. The molecular weight excluding hydrogens is 304 g/mol. The third kappa shape index (κ3) is 2.35. The summed E-state index contributed by atoms with van der Waals surface area (Å²) in [5.74, 6) is 1.38. The number of halogens is 1. The second-order valence-electron chi connectivity index (χ2n) is 5.20. The Balaban J connectivity index is 2.00. The first-order valence-corrected chi connectivity index (χ1v) is 7.42. The van der Waals surface area contributed by atoms with Crippen LogP contribution in [0.3, 0.4) is 0 Å². The molecule has 0 spiro atoms. The molecule has 100 valence electrons. The summed E-state index contributed by atoms with van der Waals surface area (Å²) in [6, 6.07) is 8.23. The summed E-state index contributed by atoms with van der Waals surface area (Å²) in [7, 11) is 0. The molecule has 1 saturated heterocycles. The van der Waals surface area contributed by atoms with Crippen molar-refractivity contribution >= 4 is 32.5 Å². The smallest absolute Gasteiger partial charge is 0.136 e. The largest absolute Gasteiger partial charge is 0.393 e. The van der Waals surface area contributed by atoms with Crippen LogP contribution in [-0.2, 0) is 0 Å². The van der Waals surface area contributed by atoms with Crippen molar-refractivity contribution in [3.05, 3.63) is 34.9 Å². The van der Waals surface area contributed by atoms with Gasteiger partial charge in [-0.05, 0) is 25.5 Å². The molecule has 0 bridgehead atoms. The Labute approximate surface area is 121 Å². The molecule has 0 saturated carbocycles. The Kier molecular flexibility index (Phi) is 3.46. The quantitative estimate of drug-likeness (QED) is 0.923. The molecule has 3 nitrogen and oxygen atoms in total. The molecule has 1 aliphatic heterocycles. The highest BCUT2D eigenvalue weighted by atomic mass is 79.9. The van der Waals surface area contributed by atoms with Gasteiger partial charge in [-0.3, -0.25) is 0 Å². The Morgan fingerprint density at radius 2 is 2.21 bits per heavy atom. The lowest BCUT2D eigenvalue weighted by molar-refractivity contribution is 0.136. The van der Waals surface area contributed by atoms with Gasteiger partial charge in [-0.1, -0.05) is 28.1 Å². The number of aliphatic hydroxyl groups excluding tert-OH is 1. The van der Waals surface area contributed by atoms with Gasteiger partial charge in [-0.25, -0.2) is 4.98 Å². The van der Waals surface area contributed by atoms with E-state index in [9.17, 15) is 5.11 Å². The molecule has 0 aliphatic carbocycles. The molecule has 2 atom stereocenters. The average Bonchev–Trinajstić information content (AvgIpc) is 2.88. The fraction of sp³-hybridized carbons (Fsp3) is 0.400. The van der Waals surface area contributed by atoms with Crippen LogP contribution in [0.2, 0.25) is 0 Å². The number of nitrogens with zero attached hydrogens (tertiary/aromatic N) is 2. The highest BCUT2D eigenvalue weighted by Gasteiger charge is 2.27. The Morgan fingerprint density at radius 3 is 2.95 bits per heavy atom. The molecule has 4 heteroatoms. The summed E-state index contributed by atoms with van der Waals surface area (Å²) in [6.07, 6.45) is 2.65. The minimum atomic E-state index is -0.244. The zero-order valence-electron chi connectivity index (χ0n) is 10.9. The SMILES string of the molecule is CC(O)C1CCN(c2nccc3c(Br)cccc23)C1. The van der Waals surface area contributed by atoms with E-state index in [1.165, 1.54) is 10.8 Å². The van der Waals surface area contributed by atoms with Gasteiger partial charge in [-0.15, -0.1) is 0 Å². The van der Waals surface area contributed by atoms with Gasteiger partial charge in [0.1, 0.15) is 5.82 Å². The Hall–Kier alpha value is -1.13. The second kappa shape index (κ2) is 5.10. The monoisotopic (exact) mass is 320 g/mol. The molecule has 2 aromatic rings. The van der Waals surface area contributed by atoms with E-state index >= 15 is 0 Å². The number of rotatable bonds is 2. The summed E-state index contributed by atoms with van der Waals surface area (Å²) in [6.45, 7) is 3.73. The summed E-state index contributed by atoms with van der Waals surface area (Å²) in [5, 5.41) is 12.1. The molecule has 1 fully saturated rings. The number of hydrogen-bond donors (Lipinski definition) is 1. The van der Waals surface area contributed by atoms with Gasteiger partial charge in [0.25, 0.3) is 0 Å². The minimum absolute atomic E-state index is 0.244. The van der Waals surface area contributed by atoms with Crippen molar-refractivity contribution in [1.82, 2.24) is 4.98 Å². The highest BCUT2D eigenvalue weighted by molar-refractivity contribution is 9.10. The van der Waals surface area contributed by atoms with Gasteiger partial charge in [0.15, 0.2) is 0 Å². The fourth-order valence-corrected chi connectivity index (χ4v) is 3.28. The summed E-state index contributed by atoms with van der Waals surface area (Å²) in [4.78, 5) is 6.83. The van der Waals surface area contributed by atoms with Crippen molar-refractivity contribution in [3.8, 4) is 0 Å². The van der Waals surface area contributed by atoms with Gasteiger partial charge in [-0.2, -0.15) is 0 Å². The lowest BCUT2D eigenvalue weighted by Gasteiger charge is -2.20. The van der Waals surface area contributed by atoms with E-state index < -0.39 is 0 Å². The zero-order valence-corrected chi connectivity index (χ0v) is 12.5. The first-order valence-electron chi connectivity index (χ1n) is 6.63. The predicted octanol–water partition coefficient (Wildman–Crippen LogP) is 3.20. The number of fused-ring (bicyclic) bond motifs is 1. The second-order valence-corrected chi connectivity index (χ2v) is 6.06. The first-order chi connectivity index (χ1) is 9.16. The molecule has 0 amide bonds. The molecule has 1 aliphatic rings.